The second-order valence-corrected chi connectivity index (χ2v) is 5.84. The van der Waals surface area contributed by atoms with E-state index in [1.165, 1.54) is 6.07 Å². The molecule has 110 valence electrons. The highest BCUT2D eigenvalue weighted by molar-refractivity contribution is 5.27. The summed E-state index contributed by atoms with van der Waals surface area (Å²) in [6.07, 6.45) is 2.95. The maximum absolute atomic E-state index is 13.6. The van der Waals surface area contributed by atoms with Gasteiger partial charge in [-0.2, -0.15) is 0 Å². The van der Waals surface area contributed by atoms with Crippen LogP contribution in [0.5, 0.6) is 0 Å². The highest BCUT2D eigenvalue weighted by atomic mass is 19.1. The molecule has 0 aromatic heterocycles. The molecule has 20 heavy (non-hydrogen) atoms. The minimum Gasteiger partial charge on any atom is -0.381 e. The molecule has 1 aromatic carbocycles. The summed E-state index contributed by atoms with van der Waals surface area (Å²) < 4.78 is 24.5. The minimum atomic E-state index is -0.155. The van der Waals surface area contributed by atoms with E-state index in [9.17, 15) is 4.39 Å². The molecular formula is C16H22FNO2. The van der Waals surface area contributed by atoms with Crippen LogP contribution in [0.25, 0.3) is 0 Å². The lowest BCUT2D eigenvalue weighted by molar-refractivity contribution is 0.0485. The van der Waals surface area contributed by atoms with Crippen molar-refractivity contribution in [2.75, 3.05) is 33.0 Å². The number of hydrogen-bond donors (Lipinski definition) is 1. The Morgan fingerprint density at radius 1 is 1.20 bits per heavy atom. The quantitative estimate of drug-likeness (QED) is 0.917. The van der Waals surface area contributed by atoms with Gasteiger partial charge in [0.1, 0.15) is 5.82 Å². The molecular weight excluding hydrogens is 257 g/mol. The fourth-order valence-corrected chi connectivity index (χ4v) is 3.18. The molecule has 1 atom stereocenters. The van der Waals surface area contributed by atoms with E-state index < -0.39 is 0 Å². The zero-order valence-electron chi connectivity index (χ0n) is 11.7. The molecule has 0 amide bonds. The number of ether oxygens (including phenoxy) is 2. The summed E-state index contributed by atoms with van der Waals surface area (Å²) in [4.78, 5) is 0. The summed E-state index contributed by atoms with van der Waals surface area (Å²) >= 11 is 0. The maximum Gasteiger partial charge on any atom is 0.123 e. The van der Waals surface area contributed by atoms with Gasteiger partial charge in [0.25, 0.3) is 0 Å². The third-order valence-electron chi connectivity index (χ3n) is 4.55. The van der Waals surface area contributed by atoms with Crippen LogP contribution in [0.1, 0.15) is 24.8 Å². The van der Waals surface area contributed by atoms with Crippen LogP contribution in [-0.2, 0) is 14.9 Å². The van der Waals surface area contributed by atoms with Gasteiger partial charge in [0.05, 0.1) is 6.61 Å². The molecule has 3 nitrogen and oxygen atoms in total. The Kier molecular flexibility index (Phi) is 4.34. The first-order valence-electron chi connectivity index (χ1n) is 7.43. The molecule has 2 aliphatic rings. The topological polar surface area (TPSA) is 30.5 Å². The first-order valence-corrected chi connectivity index (χ1v) is 7.43. The van der Waals surface area contributed by atoms with E-state index in [1.54, 1.807) is 12.1 Å². The summed E-state index contributed by atoms with van der Waals surface area (Å²) in [7, 11) is 0. The van der Waals surface area contributed by atoms with Crippen LogP contribution < -0.4 is 5.32 Å². The largest absolute Gasteiger partial charge is 0.381 e. The lowest BCUT2D eigenvalue weighted by atomic mass is 9.74. The molecule has 2 fully saturated rings. The predicted octanol–water partition coefficient (Wildman–Crippen LogP) is 2.25. The van der Waals surface area contributed by atoms with Gasteiger partial charge in [-0.15, -0.1) is 0 Å². The first kappa shape index (κ1) is 14.0. The summed E-state index contributed by atoms with van der Waals surface area (Å²) in [6, 6.07) is 7.47. The predicted molar refractivity (Wildman–Crippen MR) is 75.4 cm³/mol. The molecule has 1 N–H and O–H groups in total. The van der Waals surface area contributed by atoms with Gasteiger partial charge in [-0.25, -0.2) is 4.39 Å². The molecule has 2 heterocycles. The highest BCUT2D eigenvalue weighted by Gasteiger charge is 2.35. The van der Waals surface area contributed by atoms with Crippen LogP contribution in [0.3, 0.4) is 0 Å². The summed E-state index contributed by atoms with van der Waals surface area (Å²) in [5, 5.41) is 3.61. The molecule has 0 unspecified atom stereocenters. The zero-order chi connectivity index (χ0) is 13.8. The SMILES string of the molecule is Fc1cccc(C2(CN[C@@H]3CCOC3)CCOCC2)c1. The Balaban J connectivity index is 1.76. The second-order valence-electron chi connectivity index (χ2n) is 5.84. The van der Waals surface area contributed by atoms with Crippen LogP contribution in [0.15, 0.2) is 24.3 Å². The molecule has 0 aliphatic carbocycles. The van der Waals surface area contributed by atoms with Gasteiger partial charge in [-0.1, -0.05) is 12.1 Å². The molecule has 2 aliphatic heterocycles. The van der Waals surface area contributed by atoms with Crippen molar-refractivity contribution in [2.24, 2.45) is 0 Å². The zero-order valence-corrected chi connectivity index (χ0v) is 11.7. The Labute approximate surface area is 119 Å². The number of benzene rings is 1. The van der Waals surface area contributed by atoms with Crippen molar-refractivity contribution in [1.82, 2.24) is 5.32 Å². The van der Waals surface area contributed by atoms with Crippen molar-refractivity contribution in [3.63, 3.8) is 0 Å². The van der Waals surface area contributed by atoms with E-state index in [0.29, 0.717) is 6.04 Å². The summed E-state index contributed by atoms with van der Waals surface area (Å²) in [5.74, 6) is -0.155. The monoisotopic (exact) mass is 279 g/mol. The standard InChI is InChI=1S/C16H22FNO2/c17-14-3-1-2-13(10-14)16(5-8-19-9-6-16)12-18-15-4-7-20-11-15/h1-3,10,15,18H,4-9,11-12H2/t15-/m1/s1. The van der Waals surface area contributed by atoms with Gasteiger partial charge in [0.15, 0.2) is 0 Å². The lowest BCUT2D eigenvalue weighted by Crippen LogP contribution is -2.46. The molecule has 1 aromatic rings. The van der Waals surface area contributed by atoms with Gasteiger partial charge in [0.2, 0.25) is 0 Å². The summed E-state index contributed by atoms with van der Waals surface area (Å²) in [5.41, 5.74) is 1.08. The Bertz CT molecular complexity index is 440. The number of nitrogens with one attached hydrogen (secondary N) is 1. The minimum absolute atomic E-state index is 0.0110. The van der Waals surface area contributed by atoms with Gasteiger partial charge < -0.3 is 14.8 Å². The van der Waals surface area contributed by atoms with E-state index in [1.807, 2.05) is 6.07 Å². The van der Waals surface area contributed by atoms with Crippen molar-refractivity contribution >= 4 is 0 Å². The van der Waals surface area contributed by atoms with E-state index in [4.69, 9.17) is 9.47 Å². The van der Waals surface area contributed by atoms with Crippen LogP contribution in [0.4, 0.5) is 4.39 Å². The van der Waals surface area contributed by atoms with Crippen LogP contribution >= 0.6 is 0 Å². The van der Waals surface area contributed by atoms with Gasteiger partial charge in [-0.05, 0) is 37.0 Å². The average molecular weight is 279 g/mol. The smallest absolute Gasteiger partial charge is 0.123 e. The average Bonchev–Trinajstić information content (AvgIpc) is 3.00. The van der Waals surface area contributed by atoms with E-state index in [-0.39, 0.29) is 11.2 Å². The van der Waals surface area contributed by atoms with Crippen LogP contribution in [-0.4, -0.2) is 39.0 Å². The van der Waals surface area contributed by atoms with Crippen molar-refractivity contribution in [1.29, 1.82) is 0 Å². The Morgan fingerprint density at radius 2 is 2.05 bits per heavy atom. The van der Waals surface area contributed by atoms with Gasteiger partial charge in [-0.3, -0.25) is 0 Å². The lowest BCUT2D eigenvalue weighted by Gasteiger charge is -2.38. The highest BCUT2D eigenvalue weighted by Crippen LogP contribution is 2.34. The molecule has 4 heteroatoms. The van der Waals surface area contributed by atoms with E-state index >= 15 is 0 Å². The molecule has 0 spiro atoms. The normalized spacial score (nSPS) is 25.8. The Hall–Kier alpha value is -0.970. The third kappa shape index (κ3) is 3.03. The molecule has 0 bridgehead atoms. The second kappa shape index (κ2) is 6.20. The number of halogens is 1. The fourth-order valence-electron chi connectivity index (χ4n) is 3.18. The molecule has 0 saturated carbocycles. The number of rotatable bonds is 4. The van der Waals surface area contributed by atoms with Crippen molar-refractivity contribution in [3.8, 4) is 0 Å². The number of hydrogen-bond acceptors (Lipinski definition) is 3. The van der Waals surface area contributed by atoms with Crippen molar-refractivity contribution in [2.45, 2.75) is 30.7 Å². The molecule has 0 radical (unpaired) electrons. The van der Waals surface area contributed by atoms with E-state index in [2.05, 4.69) is 5.32 Å². The third-order valence-corrected chi connectivity index (χ3v) is 4.55. The van der Waals surface area contributed by atoms with Crippen LogP contribution in [0.2, 0.25) is 0 Å². The summed E-state index contributed by atoms with van der Waals surface area (Å²) in [6.45, 7) is 4.00. The molecule has 2 saturated heterocycles. The van der Waals surface area contributed by atoms with E-state index in [0.717, 1.165) is 57.8 Å². The van der Waals surface area contributed by atoms with Crippen LogP contribution in [0, 0.1) is 5.82 Å². The van der Waals surface area contributed by atoms with Gasteiger partial charge in [0, 0.05) is 37.8 Å². The van der Waals surface area contributed by atoms with Crippen molar-refractivity contribution in [3.05, 3.63) is 35.6 Å². The fraction of sp³-hybridized carbons (Fsp3) is 0.625. The Morgan fingerprint density at radius 3 is 2.75 bits per heavy atom. The van der Waals surface area contributed by atoms with Crippen molar-refractivity contribution < 1.29 is 13.9 Å². The first-order chi connectivity index (χ1) is 9.78. The van der Waals surface area contributed by atoms with Gasteiger partial charge >= 0.3 is 0 Å². The molecule has 3 rings (SSSR count). The maximum atomic E-state index is 13.6.